The minimum atomic E-state index is 0.168. The van der Waals surface area contributed by atoms with Gasteiger partial charge in [0.05, 0.1) is 0 Å². The van der Waals surface area contributed by atoms with E-state index in [1.165, 1.54) is 10.5 Å². The van der Waals surface area contributed by atoms with E-state index in [9.17, 15) is 0 Å². The molecule has 0 aliphatic carbocycles. The quantitative estimate of drug-likeness (QED) is 0.767. The van der Waals surface area contributed by atoms with E-state index in [1.807, 2.05) is 11.8 Å². The van der Waals surface area contributed by atoms with Gasteiger partial charge < -0.3 is 5.73 Å². The maximum Gasteiger partial charge on any atom is 0.00747 e. The van der Waals surface area contributed by atoms with Crippen molar-refractivity contribution in [1.82, 2.24) is 0 Å². The molecule has 2 N–H and O–H groups in total. The first kappa shape index (κ1) is 14.6. The maximum absolute atomic E-state index is 5.97. The summed E-state index contributed by atoms with van der Waals surface area (Å²) >= 11 is 1.91. The van der Waals surface area contributed by atoms with Gasteiger partial charge in [-0.05, 0) is 30.5 Å². The summed E-state index contributed by atoms with van der Waals surface area (Å²) in [4.78, 5) is 1.35. The van der Waals surface area contributed by atoms with Crippen molar-refractivity contribution in [1.29, 1.82) is 0 Å². The second-order valence-electron chi connectivity index (χ2n) is 4.88. The zero-order chi connectivity index (χ0) is 12.9. The monoisotopic (exact) mass is 251 g/mol. The summed E-state index contributed by atoms with van der Waals surface area (Å²) in [6.07, 6.45) is 2.22. The van der Waals surface area contributed by atoms with Crippen molar-refractivity contribution in [3.8, 4) is 0 Å². The van der Waals surface area contributed by atoms with Gasteiger partial charge in [-0.25, -0.2) is 0 Å². The molecular weight excluding hydrogens is 226 g/mol. The normalized spacial score (nSPS) is 12.1. The molecule has 1 rings (SSSR count). The lowest BCUT2D eigenvalue weighted by atomic mass is 9.76. The molecule has 0 aliphatic heterocycles. The van der Waals surface area contributed by atoms with Gasteiger partial charge in [-0.3, -0.25) is 0 Å². The Labute approximate surface area is 110 Å². The summed E-state index contributed by atoms with van der Waals surface area (Å²) in [7, 11) is 0. The lowest BCUT2D eigenvalue weighted by Gasteiger charge is -2.31. The van der Waals surface area contributed by atoms with E-state index in [2.05, 4.69) is 52.0 Å². The second kappa shape index (κ2) is 6.46. The van der Waals surface area contributed by atoms with Crippen molar-refractivity contribution in [2.45, 2.75) is 56.1 Å². The standard InChI is InChI=1S/C15H25NS/c1-5-15(6-2,11-16)13-7-9-14(10-8-13)17-12(3)4/h7-10,12H,5-6,11,16H2,1-4H3. The first-order chi connectivity index (χ1) is 8.07. The Balaban J connectivity index is 2.92. The summed E-state index contributed by atoms with van der Waals surface area (Å²) in [5.41, 5.74) is 7.53. The largest absolute Gasteiger partial charge is 0.330 e. The minimum Gasteiger partial charge on any atom is -0.330 e. The van der Waals surface area contributed by atoms with Crippen molar-refractivity contribution >= 4 is 11.8 Å². The molecule has 96 valence electrons. The molecule has 0 saturated carbocycles. The van der Waals surface area contributed by atoms with Crippen LogP contribution >= 0.6 is 11.8 Å². The predicted molar refractivity (Wildman–Crippen MR) is 78.7 cm³/mol. The van der Waals surface area contributed by atoms with E-state index in [-0.39, 0.29) is 5.41 Å². The van der Waals surface area contributed by atoms with Crippen molar-refractivity contribution in [3.05, 3.63) is 29.8 Å². The Hall–Kier alpha value is -0.470. The molecule has 0 unspecified atom stereocenters. The van der Waals surface area contributed by atoms with Crippen molar-refractivity contribution < 1.29 is 0 Å². The maximum atomic E-state index is 5.97. The number of hydrogen-bond donors (Lipinski definition) is 1. The van der Waals surface area contributed by atoms with Crippen LogP contribution in [0.5, 0.6) is 0 Å². The molecule has 2 heteroatoms. The lowest BCUT2D eigenvalue weighted by Crippen LogP contribution is -2.33. The average molecular weight is 251 g/mol. The highest BCUT2D eigenvalue weighted by atomic mass is 32.2. The number of rotatable bonds is 6. The number of hydrogen-bond acceptors (Lipinski definition) is 2. The van der Waals surface area contributed by atoms with E-state index in [4.69, 9.17) is 5.73 Å². The van der Waals surface area contributed by atoms with Gasteiger partial charge in [-0.1, -0.05) is 39.8 Å². The van der Waals surface area contributed by atoms with Crippen LogP contribution in [-0.2, 0) is 5.41 Å². The first-order valence-corrected chi connectivity index (χ1v) is 7.43. The molecule has 1 aromatic carbocycles. The fourth-order valence-electron chi connectivity index (χ4n) is 2.22. The van der Waals surface area contributed by atoms with Crippen LogP contribution in [0, 0.1) is 0 Å². The van der Waals surface area contributed by atoms with E-state index in [0.29, 0.717) is 5.25 Å². The lowest BCUT2D eigenvalue weighted by molar-refractivity contribution is 0.406. The molecule has 17 heavy (non-hydrogen) atoms. The molecule has 0 spiro atoms. The number of nitrogens with two attached hydrogens (primary N) is 1. The summed E-state index contributed by atoms with van der Waals surface area (Å²) in [6, 6.07) is 8.97. The molecule has 1 aromatic rings. The molecule has 0 amide bonds. The molecule has 0 aliphatic rings. The van der Waals surface area contributed by atoms with E-state index in [1.54, 1.807) is 0 Å². The van der Waals surface area contributed by atoms with Gasteiger partial charge in [-0.15, -0.1) is 11.8 Å². The van der Waals surface area contributed by atoms with E-state index < -0.39 is 0 Å². The van der Waals surface area contributed by atoms with Crippen LogP contribution in [-0.4, -0.2) is 11.8 Å². The van der Waals surface area contributed by atoms with Crippen LogP contribution in [0.1, 0.15) is 46.1 Å². The third-order valence-electron chi connectivity index (χ3n) is 3.58. The van der Waals surface area contributed by atoms with Crippen LogP contribution in [0.4, 0.5) is 0 Å². The van der Waals surface area contributed by atoms with Crippen molar-refractivity contribution in [2.75, 3.05) is 6.54 Å². The Morgan fingerprint density at radius 3 is 2.00 bits per heavy atom. The summed E-state index contributed by atoms with van der Waals surface area (Å²) in [6.45, 7) is 9.64. The van der Waals surface area contributed by atoms with Crippen molar-refractivity contribution in [3.63, 3.8) is 0 Å². The summed E-state index contributed by atoms with van der Waals surface area (Å²) < 4.78 is 0. The third kappa shape index (κ3) is 3.49. The molecular formula is C15H25NS. The fourth-order valence-corrected chi connectivity index (χ4v) is 3.06. The van der Waals surface area contributed by atoms with Gasteiger partial charge in [0.25, 0.3) is 0 Å². The SMILES string of the molecule is CCC(CC)(CN)c1ccc(SC(C)C)cc1. The van der Waals surface area contributed by atoms with Gasteiger partial charge in [-0.2, -0.15) is 0 Å². The first-order valence-electron chi connectivity index (χ1n) is 6.55. The highest BCUT2D eigenvalue weighted by Gasteiger charge is 2.26. The van der Waals surface area contributed by atoms with Crippen LogP contribution < -0.4 is 5.73 Å². The zero-order valence-electron chi connectivity index (χ0n) is 11.5. The molecule has 0 saturated heterocycles. The van der Waals surface area contributed by atoms with Crippen LogP contribution in [0.3, 0.4) is 0 Å². The number of benzene rings is 1. The highest BCUT2D eigenvalue weighted by Crippen LogP contribution is 2.32. The Morgan fingerprint density at radius 1 is 1.12 bits per heavy atom. The topological polar surface area (TPSA) is 26.0 Å². The molecule has 0 atom stereocenters. The van der Waals surface area contributed by atoms with Crippen LogP contribution in [0.15, 0.2) is 29.2 Å². The van der Waals surface area contributed by atoms with Gasteiger partial charge >= 0.3 is 0 Å². The predicted octanol–water partition coefficient (Wildman–Crippen LogP) is 4.20. The molecule has 1 nitrogen and oxygen atoms in total. The third-order valence-corrected chi connectivity index (χ3v) is 4.60. The van der Waals surface area contributed by atoms with Crippen molar-refractivity contribution in [2.24, 2.45) is 5.73 Å². The molecule has 0 heterocycles. The Kier molecular flexibility index (Phi) is 5.54. The highest BCUT2D eigenvalue weighted by molar-refractivity contribution is 7.99. The molecule has 0 aromatic heterocycles. The molecule has 0 bridgehead atoms. The van der Waals surface area contributed by atoms with Gasteiger partial charge in [0.15, 0.2) is 0 Å². The molecule has 0 fully saturated rings. The molecule has 0 radical (unpaired) electrons. The van der Waals surface area contributed by atoms with Crippen LogP contribution in [0.25, 0.3) is 0 Å². The van der Waals surface area contributed by atoms with Gasteiger partial charge in [0, 0.05) is 22.1 Å². The minimum absolute atomic E-state index is 0.168. The second-order valence-corrected chi connectivity index (χ2v) is 6.53. The smallest absolute Gasteiger partial charge is 0.00747 e. The van der Waals surface area contributed by atoms with E-state index >= 15 is 0 Å². The fraction of sp³-hybridized carbons (Fsp3) is 0.600. The van der Waals surface area contributed by atoms with Crippen LogP contribution in [0.2, 0.25) is 0 Å². The average Bonchev–Trinajstić information content (AvgIpc) is 2.33. The van der Waals surface area contributed by atoms with Gasteiger partial charge in [0.2, 0.25) is 0 Å². The van der Waals surface area contributed by atoms with Gasteiger partial charge in [0.1, 0.15) is 0 Å². The zero-order valence-corrected chi connectivity index (χ0v) is 12.3. The van der Waals surface area contributed by atoms with E-state index in [0.717, 1.165) is 19.4 Å². The Morgan fingerprint density at radius 2 is 1.65 bits per heavy atom. The summed E-state index contributed by atoms with van der Waals surface area (Å²) in [5, 5.41) is 0.637. The summed E-state index contributed by atoms with van der Waals surface area (Å²) in [5.74, 6) is 0. The number of thioether (sulfide) groups is 1. The Bertz CT molecular complexity index is 317.